The summed E-state index contributed by atoms with van der Waals surface area (Å²) in [6, 6.07) is 11.1. The molecule has 0 bridgehead atoms. The van der Waals surface area contributed by atoms with Crippen molar-refractivity contribution in [1.82, 2.24) is 25.1 Å². The molecule has 0 unspecified atom stereocenters. The second-order valence-corrected chi connectivity index (χ2v) is 4.78. The Morgan fingerprint density at radius 3 is 2.87 bits per heavy atom. The molecule has 0 aliphatic carbocycles. The molecule has 0 saturated carbocycles. The Morgan fingerprint density at radius 2 is 2.09 bits per heavy atom. The van der Waals surface area contributed by atoms with Gasteiger partial charge in [0.05, 0.1) is 5.69 Å². The smallest absolute Gasteiger partial charge is 0.244 e. The first-order valence-electron chi connectivity index (χ1n) is 7.13. The number of rotatable bonds is 5. The predicted octanol–water partition coefficient (Wildman–Crippen LogP) is 1.99. The fourth-order valence-corrected chi connectivity index (χ4v) is 1.98. The lowest BCUT2D eigenvalue weighted by Gasteiger charge is -2.05. The van der Waals surface area contributed by atoms with Crippen LogP contribution in [0.2, 0.25) is 0 Å². The zero-order chi connectivity index (χ0) is 15.9. The molecule has 0 atom stereocenters. The molecule has 6 heteroatoms. The van der Waals surface area contributed by atoms with Crippen LogP contribution in [-0.2, 0) is 11.3 Å². The van der Waals surface area contributed by atoms with Crippen LogP contribution in [-0.4, -0.2) is 25.7 Å². The zero-order valence-electron chi connectivity index (χ0n) is 12.3. The Labute approximate surface area is 133 Å². The first-order valence-corrected chi connectivity index (χ1v) is 7.13. The van der Waals surface area contributed by atoms with E-state index < -0.39 is 0 Å². The first kappa shape index (κ1) is 14.6. The number of hydrogen-bond acceptors (Lipinski definition) is 4. The second-order valence-electron chi connectivity index (χ2n) is 4.78. The normalized spacial score (nSPS) is 10.8. The van der Waals surface area contributed by atoms with Crippen molar-refractivity contribution >= 4 is 12.0 Å². The molecule has 0 aliphatic rings. The summed E-state index contributed by atoms with van der Waals surface area (Å²) in [5.74, 6) is 0.541. The molecule has 0 aromatic carbocycles. The van der Waals surface area contributed by atoms with E-state index in [0.717, 1.165) is 11.3 Å². The maximum Gasteiger partial charge on any atom is 0.244 e. The van der Waals surface area contributed by atoms with Gasteiger partial charge in [-0.2, -0.15) is 5.10 Å². The highest BCUT2D eigenvalue weighted by Crippen LogP contribution is 2.06. The van der Waals surface area contributed by atoms with Crippen molar-refractivity contribution in [2.24, 2.45) is 0 Å². The standard InChI is InChI=1S/C17H15N5O/c23-17(6-5-15-4-1-2-8-18-15)20-13-14-7-10-19-16(12-14)22-11-3-9-21-22/h1-12H,13H2,(H,20,23)/b6-5+. The van der Waals surface area contributed by atoms with Crippen LogP contribution in [0.1, 0.15) is 11.3 Å². The van der Waals surface area contributed by atoms with E-state index in [2.05, 4.69) is 20.4 Å². The lowest BCUT2D eigenvalue weighted by atomic mass is 10.2. The van der Waals surface area contributed by atoms with Crippen molar-refractivity contribution in [2.75, 3.05) is 0 Å². The first-order chi connectivity index (χ1) is 11.3. The molecule has 23 heavy (non-hydrogen) atoms. The van der Waals surface area contributed by atoms with Crippen molar-refractivity contribution in [3.63, 3.8) is 0 Å². The molecule has 3 rings (SSSR count). The van der Waals surface area contributed by atoms with Crippen LogP contribution < -0.4 is 5.32 Å². The summed E-state index contributed by atoms with van der Waals surface area (Å²) in [5, 5.41) is 6.97. The Balaban J connectivity index is 1.59. The Hall–Kier alpha value is -3.28. The average Bonchev–Trinajstić information content (AvgIpc) is 3.14. The Kier molecular flexibility index (Phi) is 4.54. The largest absolute Gasteiger partial charge is 0.348 e. The SMILES string of the molecule is O=C(/C=C/c1ccccn1)NCc1ccnc(-n2cccn2)c1. The summed E-state index contributed by atoms with van der Waals surface area (Å²) in [6.07, 6.45) is 10.0. The second kappa shape index (κ2) is 7.13. The van der Waals surface area contributed by atoms with Crippen LogP contribution in [0.15, 0.2) is 67.3 Å². The number of nitrogens with zero attached hydrogens (tertiary/aromatic N) is 4. The highest BCUT2D eigenvalue weighted by molar-refractivity contribution is 5.91. The van der Waals surface area contributed by atoms with E-state index in [9.17, 15) is 4.79 Å². The van der Waals surface area contributed by atoms with Gasteiger partial charge in [-0.15, -0.1) is 0 Å². The number of hydrogen-bond donors (Lipinski definition) is 1. The fraction of sp³-hybridized carbons (Fsp3) is 0.0588. The number of carbonyl (C=O) groups excluding carboxylic acids is 1. The van der Waals surface area contributed by atoms with E-state index in [1.54, 1.807) is 29.3 Å². The molecule has 0 aliphatic heterocycles. The van der Waals surface area contributed by atoms with Gasteiger partial charge >= 0.3 is 0 Å². The summed E-state index contributed by atoms with van der Waals surface area (Å²) in [5.41, 5.74) is 1.69. The third-order valence-electron chi connectivity index (χ3n) is 3.11. The summed E-state index contributed by atoms with van der Waals surface area (Å²) in [7, 11) is 0. The molecule has 3 heterocycles. The van der Waals surface area contributed by atoms with E-state index in [4.69, 9.17) is 0 Å². The molecule has 0 fully saturated rings. The van der Waals surface area contributed by atoms with E-state index in [-0.39, 0.29) is 5.91 Å². The molecule has 114 valence electrons. The van der Waals surface area contributed by atoms with Gasteiger partial charge in [0, 0.05) is 37.4 Å². The third kappa shape index (κ3) is 4.10. The molecule has 0 radical (unpaired) electrons. The Morgan fingerprint density at radius 1 is 1.13 bits per heavy atom. The quantitative estimate of drug-likeness (QED) is 0.732. The summed E-state index contributed by atoms with van der Waals surface area (Å²) in [6.45, 7) is 0.419. The minimum atomic E-state index is -0.173. The summed E-state index contributed by atoms with van der Waals surface area (Å²) < 4.78 is 1.67. The van der Waals surface area contributed by atoms with Gasteiger partial charge in [0.15, 0.2) is 5.82 Å². The number of nitrogens with one attached hydrogen (secondary N) is 1. The molecule has 1 amide bonds. The van der Waals surface area contributed by atoms with Crippen LogP contribution in [0, 0.1) is 0 Å². The van der Waals surface area contributed by atoms with Gasteiger partial charge in [-0.05, 0) is 42.0 Å². The third-order valence-corrected chi connectivity index (χ3v) is 3.11. The van der Waals surface area contributed by atoms with Crippen LogP contribution >= 0.6 is 0 Å². The van der Waals surface area contributed by atoms with Gasteiger partial charge in [-0.25, -0.2) is 9.67 Å². The highest BCUT2D eigenvalue weighted by atomic mass is 16.1. The lowest BCUT2D eigenvalue weighted by molar-refractivity contribution is -0.116. The number of pyridine rings is 2. The summed E-state index contributed by atoms with van der Waals surface area (Å²) >= 11 is 0. The maximum atomic E-state index is 11.8. The van der Waals surface area contributed by atoms with Crippen LogP contribution in [0.25, 0.3) is 11.9 Å². The molecular weight excluding hydrogens is 290 g/mol. The van der Waals surface area contributed by atoms with Gasteiger partial charge in [0.1, 0.15) is 0 Å². The van der Waals surface area contributed by atoms with Gasteiger partial charge in [0.2, 0.25) is 5.91 Å². The van der Waals surface area contributed by atoms with Gasteiger partial charge in [-0.3, -0.25) is 9.78 Å². The van der Waals surface area contributed by atoms with Crippen molar-refractivity contribution < 1.29 is 4.79 Å². The van der Waals surface area contributed by atoms with E-state index in [1.807, 2.05) is 42.6 Å². The monoisotopic (exact) mass is 305 g/mol. The average molecular weight is 305 g/mol. The van der Waals surface area contributed by atoms with Gasteiger partial charge in [0.25, 0.3) is 0 Å². The van der Waals surface area contributed by atoms with Crippen molar-refractivity contribution in [1.29, 1.82) is 0 Å². The topological polar surface area (TPSA) is 72.7 Å². The molecule has 3 aromatic heterocycles. The predicted molar refractivity (Wildman–Crippen MR) is 86.5 cm³/mol. The van der Waals surface area contributed by atoms with Crippen molar-refractivity contribution in [3.05, 3.63) is 78.5 Å². The molecular formula is C17H15N5O. The zero-order valence-corrected chi connectivity index (χ0v) is 12.3. The number of aromatic nitrogens is 4. The maximum absolute atomic E-state index is 11.8. The van der Waals surface area contributed by atoms with Crippen molar-refractivity contribution in [3.8, 4) is 5.82 Å². The van der Waals surface area contributed by atoms with Crippen LogP contribution in [0.3, 0.4) is 0 Å². The van der Waals surface area contributed by atoms with Crippen LogP contribution in [0.5, 0.6) is 0 Å². The number of carbonyl (C=O) groups is 1. The molecule has 0 spiro atoms. The number of amides is 1. The minimum absolute atomic E-state index is 0.173. The highest BCUT2D eigenvalue weighted by Gasteiger charge is 2.01. The van der Waals surface area contributed by atoms with E-state index >= 15 is 0 Å². The lowest BCUT2D eigenvalue weighted by Crippen LogP contribution is -2.20. The van der Waals surface area contributed by atoms with E-state index in [0.29, 0.717) is 12.4 Å². The van der Waals surface area contributed by atoms with Gasteiger partial charge < -0.3 is 5.32 Å². The molecule has 3 aromatic rings. The molecule has 0 saturated heterocycles. The van der Waals surface area contributed by atoms with E-state index in [1.165, 1.54) is 6.08 Å². The summed E-state index contributed by atoms with van der Waals surface area (Å²) in [4.78, 5) is 20.2. The Bertz CT molecular complexity index is 797. The molecule has 6 nitrogen and oxygen atoms in total. The van der Waals surface area contributed by atoms with Crippen molar-refractivity contribution in [2.45, 2.75) is 6.54 Å². The fourth-order valence-electron chi connectivity index (χ4n) is 1.98. The van der Waals surface area contributed by atoms with Gasteiger partial charge in [-0.1, -0.05) is 6.07 Å². The molecule has 1 N–H and O–H groups in total. The minimum Gasteiger partial charge on any atom is -0.348 e. The van der Waals surface area contributed by atoms with Crippen LogP contribution in [0.4, 0.5) is 0 Å².